The van der Waals surface area contributed by atoms with Gasteiger partial charge in [-0.25, -0.2) is 4.39 Å². The Morgan fingerprint density at radius 3 is 2.81 bits per heavy atom. The molecule has 0 aromatic heterocycles. The Labute approximate surface area is 98.0 Å². The van der Waals surface area contributed by atoms with Crippen LogP contribution in [0.4, 0.5) is 4.39 Å². The summed E-state index contributed by atoms with van der Waals surface area (Å²) >= 11 is 5.80. The standard InChI is InChI=1S/C11H13ClFNO2/c12-11-8(2-1-3-9(11)13)7(6-14)4-5-10(15)16/h1-3,7H,4-6,14H2,(H,15,16). The van der Waals surface area contributed by atoms with Crippen LogP contribution in [-0.2, 0) is 4.79 Å². The lowest BCUT2D eigenvalue weighted by atomic mass is 9.94. The minimum absolute atomic E-state index is 0.00525. The molecule has 0 aliphatic rings. The third-order valence-electron chi connectivity index (χ3n) is 2.41. The molecule has 1 atom stereocenters. The SMILES string of the molecule is NCC(CCC(=O)O)c1cccc(F)c1Cl. The molecule has 0 saturated heterocycles. The number of carboxylic acid groups (broad SMARTS) is 1. The molecule has 0 bridgehead atoms. The van der Waals surface area contributed by atoms with E-state index >= 15 is 0 Å². The van der Waals surface area contributed by atoms with Crippen molar-refractivity contribution in [3.63, 3.8) is 0 Å². The monoisotopic (exact) mass is 245 g/mol. The van der Waals surface area contributed by atoms with E-state index in [0.29, 0.717) is 12.0 Å². The van der Waals surface area contributed by atoms with E-state index in [1.807, 2.05) is 0 Å². The van der Waals surface area contributed by atoms with Gasteiger partial charge in [0.2, 0.25) is 0 Å². The number of aliphatic carboxylic acids is 1. The van der Waals surface area contributed by atoms with Crippen molar-refractivity contribution in [2.45, 2.75) is 18.8 Å². The number of benzene rings is 1. The first-order valence-corrected chi connectivity index (χ1v) is 5.29. The van der Waals surface area contributed by atoms with Crippen molar-refractivity contribution in [1.29, 1.82) is 0 Å². The Kier molecular flexibility index (Phi) is 4.71. The maximum Gasteiger partial charge on any atom is 0.303 e. The zero-order valence-electron chi connectivity index (χ0n) is 8.62. The molecule has 0 aliphatic carbocycles. The molecule has 88 valence electrons. The van der Waals surface area contributed by atoms with Gasteiger partial charge in [-0.15, -0.1) is 0 Å². The average molecular weight is 246 g/mol. The van der Waals surface area contributed by atoms with Crippen molar-refractivity contribution < 1.29 is 14.3 Å². The highest BCUT2D eigenvalue weighted by Crippen LogP contribution is 2.29. The van der Waals surface area contributed by atoms with Crippen LogP contribution in [-0.4, -0.2) is 17.6 Å². The van der Waals surface area contributed by atoms with E-state index in [9.17, 15) is 9.18 Å². The van der Waals surface area contributed by atoms with Crippen LogP contribution in [0.2, 0.25) is 5.02 Å². The van der Waals surface area contributed by atoms with Crippen molar-refractivity contribution in [3.8, 4) is 0 Å². The van der Waals surface area contributed by atoms with E-state index in [1.54, 1.807) is 12.1 Å². The van der Waals surface area contributed by atoms with Gasteiger partial charge in [0.1, 0.15) is 5.82 Å². The van der Waals surface area contributed by atoms with Crippen LogP contribution in [0.1, 0.15) is 24.3 Å². The predicted molar refractivity (Wildman–Crippen MR) is 60.1 cm³/mol. The van der Waals surface area contributed by atoms with E-state index in [2.05, 4.69) is 0 Å². The normalized spacial score (nSPS) is 12.4. The van der Waals surface area contributed by atoms with Crippen molar-refractivity contribution >= 4 is 17.6 Å². The minimum Gasteiger partial charge on any atom is -0.481 e. The summed E-state index contributed by atoms with van der Waals surface area (Å²) in [6.07, 6.45) is 0.351. The van der Waals surface area contributed by atoms with Gasteiger partial charge >= 0.3 is 5.97 Å². The summed E-state index contributed by atoms with van der Waals surface area (Å²) in [5, 5.41) is 8.61. The molecule has 3 N–H and O–H groups in total. The van der Waals surface area contributed by atoms with Gasteiger partial charge in [0, 0.05) is 6.42 Å². The largest absolute Gasteiger partial charge is 0.481 e. The fraction of sp³-hybridized carbons (Fsp3) is 0.364. The van der Waals surface area contributed by atoms with Gasteiger partial charge in [-0.05, 0) is 30.5 Å². The van der Waals surface area contributed by atoms with Crippen LogP contribution in [0.25, 0.3) is 0 Å². The highest BCUT2D eigenvalue weighted by Gasteiger charge is 2.16. The number of carboxylic acids is 1. The number of hydrogen-bond donors (Lipinski definition) is 2. The van der Waals surface area contributed by atoms with Crippen LogP contribution in [0.15, 0.2) is 18.2 Å². The summed E-state index contributed by atoms with van der Waals surface area (Å²) in [7, 11) is 0. The molecular formula is C11H13ClFNO2. The maximum atomic E-state index is 13.2. The summed E-state index contributed by atoms with van der Waals surface area (Å²) in [6.45, 7) is 0.246. The van der Waals surface area contributed by atoms with Gasteiger partial charge in [-0.1, -0.05) is 23.7 Å². The number of rotatable bonds is 5. The highest BCUT2D eigenvalue weighted by molar-refractivity contribution is 6.31. The third kappa shape index (κ3) is 3.18. The molecule has 0 aliphatic heterocycles. The van der Waals surface area contributed by atoms with E-state index in [0.717, 1.165) is 0 Å². The Morgan fingerprint density at radius 1 is 1.56 bits per heavy atom. The number of nitrogens with two attached hydrogens (primary N) is 1. The van der Waals surface area contributed by atoms with Gasteiger partial charge in [0.15, 0.2) is 0 Å². The second kappa shape index (κ2) is 5.82. The van der Waals surface area contributed by atoms with Crippen molar-refractivity contribution in [1.82, 2.24) is 0 Å². The lowest BCUT2D eigenvalue weighted by Gasteiger charge is -2.15. The zero-order chi connectivity index (χ0) is 12.1. The topological polar surface area (TPSA) is 63.3 Å². The minimum atomic E-state index is -0.897. The van der Waals surface area contributed by atoms with Gasteiger partial charge in [-0.3, -0.25) is 4.79 Å². The lowest BCUT2D eigenvalue weighted by molar-refractivity contribution is -0.137. The Bertz CT molecular complexity index is 384. The molecular weight excluding hydrogens is 233 g/mol. The maximum absolute atomic E-state index is 13.2. The molecule has 5 heteroatoms. The first-order chi connectivity index (χ1) is 7.56. The molecule has 0 radical (unpaired) electrons. The summed E-state index contributed by atoms with van der Waals surface area (Å²) in [5.41, 5.74) is 6.11. The molecule has 0 saturated carbocycles. The highest BCUT2D eigenvalue weighted by atomic mass is 35.5. The molecule has 16 heavy (non-hydrogen) atoms. The summed E-state index contributed by atoms with van der Waals surface area (Å²) in [4.78, 5) is 10.5. The molecule has 0 fully saturated rings. The second-order valence-electron chi connectivity index (χ2n) is 3.51. The second-order valence-corrected chi connectivity index (χ2v) is 3.89. The Morgan fingerprint density at radius 2 is 2.25 bits per heavy atom. The Balaban J connectivity index is 2.86. The van der Waals surface area contributed by atoms with Gasteiger partial charge in [0.05, 0.1) is 5.02 Å². The summed E-state index contributed by atoms with van der Waals surface area (Å²) < 4.78 is 13.2. The molecule has 0 heterocycles. The molecule has 1 unspecified atom stereocenters. The third-order valence-corrected chi connectivity index (χ3v) is 2.81. The molecule has 3 nitrogen and oxygen atoms in total. The fourth-order valence-electron chi connectivity index (χ4n) is 1.53. The van der Waals surface area contributed by atoms with Crippen LogP contribution in [0.3, 0.4) is 0 Å². The summed E-state index contributed by atoms with van der Waals surface area (Å²) in [6, 6.07) is 4.47. The first-order valence-electron chi connectivity index (χ1n) is 4.92. The Hall–Kier alpha value is -1.13. The van der Waals surface area contributed by atoms with Crippen LogP contribution < -0.4 is 5.73 Å². The van der Waals surface area contributed by atoms with E-state index in [4.69, 9.17) is 22.4 Å². The quantitative estimate of drug-likeness (QED) is 0.837. The van der Waals surface area contributed by atoms with Gasteiger partial charge in [0.25, 0.3) is 0 Å². The molecule has 1 aromatic carbocycles. The lowest BCUT2D eigenvalue weighted by Crippen LogP contribution is -2.14. The average Bonchev–Trinajstić information content (AvgIpc) is 2.24. The smallest absolute Gasteiger partial charge is 0.303 e. The molecule has 1 rings (SSSR count). The van der Waals surface area contributed by atoms with Crippen LogP contribution >= 0.6 is 11.6 Å². The van der Waals surface area contributed by atoms with Crippen LogP contribution in [0, 0.1) is 5.82 Å². The van der Waals surface area contributed by atoms with Gasteiger partial charge in [-0.2, -0.15) is 0 Å². The fourth-order valence-corrected chi connectivity index (χ4v) is 1.81. The van der Waals surface area contributed by atoms with E-state index in [1.165, 1.54) is 6.07 Å². The predicted octanol–water partition coefficient (Wildman–Crippen LogP) is 2.39. The molecule has 0 amide bonds. The molecule has 0 spiro atoms. The van der Waals surface area contributed by atoms with Crippen molar-refractivity contribution in [2.24, 2.45) is 5.73 Å². The van der Waals surface area contributed by atoms with Gasteiger partial charge < -0.3 is 10.8 Å². The van der Waals surface area contributed by atoms with E-state index < -0.39 is 11.8 Å². The molecule has 1 aromatic rings. The van der Waals surface area contributed by atoms with E-state index in [-0.39, 0.29) is 23.9 Å². The summed E-state index contributed by atoms with van der Waals surface area (Å²) in [5.74, 6) is -1.63. The first kappa shape index (κ1) is 12.9. The van der Waals surface area contributed by atoms with Crippen molar-refractivity contribution in [2.75, 3.05) is 6.54 Å². The van der Waals surface area contributed by atoms with Crippen LogP contribution in [0.5, 0.6) is 0 Å². The number of carbonyl (C=O) groups is 1. The number of hydrogen-bond acceptors (Lipinski definition) is 2. The number of halogens is 2. The zero-order valence-corrected chi connectivity index (χ0v) is 9.38. The van der Waals surface area contributed by atoms with Crippen molar-refractivity contribution in [3.05, 3.63) is 34.6 Å².